The monoisotopic (exact) mass is 422 g/mol. The van der Waals surface area contributed by atoms with E-state index in [1.807, 2.05) is 31.2 Å². The van der Waals surface area contributed by atoms with Gasteiger partial charge in [0.05, 0.1) is 18.0 Å². The number of nitrogens with one attached hydrogen (secondary N) is 1. The molecule has 0 bridgehead atoms. The summed E-state index contributed by atoms with van der Waals surface area (Å²) in [6.45, 7) is 5.76. The van der Waals surface area contributed by atoms with Gasteiger partial charge in [0.15, 0.2) is 0 Å². The van der Waals surface area contributed by atoms with E-state index < -0.39 is 15.9 Å². The third-order valence-electron chi connectivity index (χ3n) is 3.79. The Kier molecular flexibility index (Phi) is 8.04. The molecule has 0 spiro atoms. The molecule has 0 radical (unpaired) electrons. The highest BCUT2D eigenvalue weighted by molar-refractivity contribution is 7.89. The molecule has 0 unspecified atom stereocenters. The summed E-state index contributed by atoms with van der Waals surface area (Å²) in [4.78, 5) is 12.3. The van der Waals surface area contributed by atoms with Crippen LogP contribution in [-0.4, -0.2) is 44.9 Å². The standard InChI is InChI=1S/C20H23ClN2O4S/c1-3-12-23(28(25,26)19-9-7-17(21)8-10-19)15-20(24)22-11-13-27-18-6-4-5-16(2)14-18/h3-10,14H,1,11-13,15H2,2H3,(H,22,24). The lowest BCUT2D eigenvalue weighted by atomic mass is 10.2. The molecule has 0 aliphatic rings. The van der Waals surface area contributed by atoms with E-state index in [1.54, 1.807) is 0 Å². The predicted octanol–water partition coefficient (Wildman–Crippen LogP) is 3.02. The molecule has 28 heavy (non-hydrogen) atoms. The average molecular weight is 423 g/mol. The second kappa shape index (κ2) is 10.3. The predicted molar refractivity (Wildman–Crippen MR) is 110 cm³/mol. The lowest BCUT2D eigenvalue weighted by Gasteiger charge is -2.20. The molecule has 0 aliphatic heterocycles. The lowest BCUT2D eigenvalue weighted by molar-refractivity contribution is -0.121. The Labute approximate surface area is 170 Å². The van der Waals surface area contributed by atoms with Crippen molar-refractivity contribution in [3.05, 3.63) is 71.8 Å². The Morgan fingerprint density at radius 3 is 2.61 bits per heavy atom. The minimum atomic E-state index is -3.84. The van der Waals surface area contributed by atoms with Crippen LogP contribution in [0.5, 0.6) is 5.75 Å². The topological polar surface area (TPSA) is 75.7 Å². The van der Waals surface area contributed by atoms with E-state index in [4.69, 9.17) is 16.3 Å². The van der Waals surface area contributed by atoms with E-state index in [0.717, 1.165) is 9.87 Å². The number of ether oxygens (including phenoxy) is 1. The smallest absolute Gasteiger partial charge is 0.243 e. The largest absolute Gasteiger partial charge is 0.492 e. The van der Waals surface area contributed by atoms with Gasteiger partial charge in [0.25, 0.3) is 0 Å². The Morgan fingerprint density at radius 2 is 1.96 bits per heavy atom. The summed E-state index contributed by atoms with van der Waals surface area (Å²) in [5.41, 5.74) is 1.08. The Bertz CT molecular complexity index is 914. The molecule has 0 saturated carbocycles. The van der Waals surface area contributed by atoms with Gasteiger partial charge in [-0.25, -0.2) is 8.42 Å². The first-order chi connectivity index (χ1) is 13.3. The van der Waals surface area contributed by atoms with Crippen molar-refractivity contribution < 1.29 is 17.9 Å². The maximum absolute atomic E-state index is 12.7. The number of nitrogens with zero attached hydrogens (tertiary/aromatic N) is 1. The molecule has 0 aliphatic carbocycles. The molecule has 1 N–H and O–H groups in total. The molecule has 0 heterocycles. The summed E-state index contributed by atoms with van der Waals surface area (Å²) >= 11 is 5.81. The van der Waals surface area contributed by atoms with Gasteiger partial charge in [0, 0.05) is 11.6 Å². The van der Waals surface area contributed by atoms with Gasteiger partial charge in [0.1, 0.15) is 12.4 Å². The summed E-state index contributed by atoms with van der Waals surface area (Å²) in [5, 5.41) is 3.09. The second-order valence-corrected chi connectivity index (χ2v) is 8.43. The number of carbonyl (C=O) groups excluding carboxylic acids is 1. The molecule has 0 fully saturated rings. The van der Waals surface area contributed by atoms with Crippen LogP contribution >= 0.6 is 11.6 Å². The zero-order valence-electron chi connectivity index (χ0n) is 15.6. The van der Waals surface area contributed by atoms with E-state index >= 15 is 0 Å². The van der Waals surface area contributed by atoms with Crippen LogP contribution in [0.25, 0.3) is 0 Å². The second-order valence-electron chi connectivity index (χ2n) is 6.06. The van der Waals surface area contributed by atoms with Gasteiger partial charge >= 0.3 is 0 Å². The molecule has 1 amide bonds. The maximum Gasteiger partial charge on any atom is 0.243 e. The van der Waals surface area contributed by atoms with Crippen LogP contribution in [-0.2, 0) is 14.8 Å². The fourth-order valence-corrected chi connectivity index (χ4v) is 3.92. The lowest BCUT2D eigenvalue weighted by Crippen LogP contribution is -2.41. The molecule has 0 atom stereocenters. The zero-order valence-corrected chi connectivity index (χ0v) is 17.2. The van der Waals surface area contributed by atoms with Crippen molar-refractivity contribution in [2.24, 2.45) is 0 Å². The molecule has 0 saturated heterocycles. The molecule has 2 aromatic rings. The quantitative estimate of drug-likeness (QED) is 0.471. The highest BCUT2D eigenvalue weighted by Gasteiger charge is 2.25. The molecule has 2 rings (SSSR count). The number of sulfonamides is 1. The van der Waals surface area contributed by atoms with E-state index in [2.05, 4.69) is 11.9 Å². The van der Waals surface area contributed by atoms with Gasteiger partial charge < -0.3 is 10.1 Å². The number of aryl methyl sites for hydroxylation is 1. The van der Waals surface area contributed by atoms with Crippen molar-refractivity contribution in [2.45, 2.75) is 11.8 Å². The van der Waals surface area contributed by atoms with E-state index in [0.29, 0.717) is 10.8 Å². The normalized spacial score (nSPS) is 11.2. The molecular weight excluding hydrogens is 400 g/mol. The molecule has 6 nitrogen and oxygen atoms in total. The first-order valence-corrected chi connectivity index (χ1v) is 10.5. The molecule has 150 valence electrons. The summed E-state index contributed by atoms with van der Waals surface area (Å²) < 4.78 is 32.1. The van der Waals surface area contributed by atoms with E-state index in [1.165, 1.54) is 30.3 Å². The molecule has 2 aromatic carbocycles. The molecule has 8 heteroatoms. The Hall–Kier alpha value is -2.35. The number of hydrogen-bond donors (Lipinski definition) is 1. The number of hydrogen-bond acceptors (Lipinski definition) is 4. The van der Waals surface area contributed by atoms with Crippen LogP contribution in [0.3, 0.4) is 0 Å². The van der Waals surface area contributed by atoms with Gasteiger partial charge in [-0.05, 0) is 48.9 Å². The van der Waals surface area contributed by atoms with E-state index in [-0.39, 0.29) is 31.1 Å². The summed E-state index contributed by atoms with van der Waals surface area (Å²) in [5.74, 6) is 0.292. The SMILES string of the molecule is C=CCN(CC(=O)NCCOc1cccc(C)c1)S(=O)(=O)c1ccc(Cl)cc1. The average Bonchev–Trinajstić information content (AvgIpc) is 2.65. The van der Waals surface area contributed by atoms with Crippen LogP contribution in [0.2, 0.25) is 5.02 Å². The summed E-state index contributed by atoms with van der Waals surface area (Å²) in [6.07, 6.45) is 1.43. The minimum Gasteiger partial charge on any atom is -0.492 e. The number of rotatable bonds is 10. The van der Waals surface area contributed by atoms with Crippen molar-refractivity contribution in [1.29, 1.82) is 0 Å². The fourth-order valence-electron chi connectivity index (χ4n) is 2.43. The van der Waals surface area contributed by atoms with Gasteiger partial charge in [-0.15, -0.1) is 6.58 Å². The first-order valence-electron chi connectivity index (χ1n) is 8.65. The third kappa shape index (κ3) is 6.37. The summed E-state index contributed by atoms with van der Waals surface area (Å²) in [6, 6.07) is 13.4. The van der Waals surface area contributed by atoms with Crippen molar-refractivity contribution in [3.63, 3.8) is 0 Å². The number of halogens is 1. The highest BCUT2D eigenvalue weighted by atomic mass is 35.5. The summed E-state index contributed by atoms with van der Waals surface area (Å²) in [7, 11) is -3.84. The van der Waals surface area contributed by atoms with Crippen LogP contribution < -0.4 is 10.1 Å². The fraction of sp³-hybridized carbons (Fsp3) is 0.250. The zero-order chi connectivity index (χ0) is 20.6. The highest BCUT2D eigenvalue weighted by Crippen LogP contribution is 2.18. The Morgan fingerprint density at radius 1 is 1.25 bits per heavy atom. The number of benzene rings is 2. The molecular formula is C20H23ClN2O4S. The third-order valence-corrected chi connectivity index (χ3v) is 5.86. The van der Waals surface area contributed by atoms with Crippen molar-refractivity contribution in [1.82, 2.24) is 9.62 Å². The maximum atomic E-state index is 12.7. The van der Waals surface area contributed by atoms with Crippen LogP contribution in [0, 0.1) is 6.92 Å². The minimum absolute atomic E-state index is 0.0121. The van der Waals surface area contributed by atoms with Crippen LogP contribution in [0.15, 0.2) is 66.1 Å². The van der Waals surface area contributed by atoms with Crippen LogP contribution in [0.1, 0.15) is 5.56 Å². The van der Waals surface area contributed by atoms with Gasteiger partial charge in [-0.2, -0.15) is 4.31 Å². The van der Waals surface area contributed by atoms with Gasteiger partial charge in [0.2, 0.25) is 15.9 Å². The van der Waals surface area contributed by atoms with Crippen molar-refractivity contribution >= 4 is 27.5 Å². The number of amides is 1. The first kappa shape index (κ1) is 21.9. The van der Waals surface area contributed by atoms with E-state index in [9.17, 15) is 13.2 Å². The van der Waals surface area contributed by atoms with Crippen molar-refractivity contribution in [2.75, 3.05) is 26.2 Å². The van der Waals surface area contributed by atoms with Crippen LogP contribution in [0.4, 0.5) is 0 Å². The van der Waals surface area contributed by atoms with Gasteiger partial charge in [-0.3, -0.25) is 4.79 Å². The van der Waals surface area contributed by atoms with Gasteiger partial charge in [-0.1, -0.05) is 29.8 Å². The molecule has 0 aromatic heterocycles. The Balaban J connectivity index is 1.91. The van der Waals surface area contributed by atoms with Crippen molar-refractivity contribution in [3.8, 4) is 5.75 Å². The number of carbonyl (C=O) groups is 1.